The zero-order valence-electron chi connectivity index (χ0n) is 9.04. The largest absolute Gasteiger partial charge is 0.382 e. The van der Waals surface area contributed by atoms with Crippen molar-refractivity contribution in [2.75, 3.05) is 0 Å². The fourth-order valence-corrected chi connectivity index (χ4v) is 2.45. The number of aliphatic hydroxyl groups is 1. The molecule has 0 heterocycles. The highest BCUT2D eigenvalue weighted by Gasteiger charge is 2.38. The maximum Gasteiger partial charge on any atom is 0.190 e. The van der Waals surface area contributed by atoms with Crippen LogP contribution in [0, 0.1) is 0 Å². The molecule has 1 fully saturated rings. The van der Waals surface area contributed by atoms with Crippen molar-refractivity contribution in [1.82, 2.24) is 0 Å². The second-order valence-corrected chi connectivity index (χ2v) is 4.56. The Morgan fingerprint density at radius 1 is 1.20 bits per heavy atom. The van der Waals surface area contributed by atoms with E-state index in [4.69, 9.17) is 0 Å². The second kappa shape index (κ2) is 4.31. The predicted octanol–water partition coefficient (Wildman–Crippen LogP) is 2.53. The number of carbonyl (C=O) groups is 1. The number of allylic oxidation sites excluding steroid dienone is 3. The molecule has 0 aromatic heterocycles. The minimum atomic E-state index is -1.05. The highest BCUT2D eigenvalue weighted by molar-refractivity contribution is 6.02. The molecule has 82 valence electrons. The van der Waals surface area contributed by atoms with E-state index in [2.05, 4.69) is 6.08 Å². The number of carbonyl (C=O) groups excluding carboxylic acids is 1. The second-order valence-electron chi connectivity index (χ2n) is 4.56. The van der Waals surface area contributed by atoms with Crippen LogP contribution in [0.2, 0.25) is 0 Å². The monoisotopic (exact) mass is 206 g/mol. The molecule has 0 spiro atoms. The van der Waals surface area contributed by atoms with Crippen molar-refractivity contribution in [2.45, 2.75) is 50.5 Å². The first-order valence-corrected chi connectivity index (χ1v) is 5.84. The summed E-state index contributed by atoms with van der Waals surface area (Å²) >= 11 is 0. The van der Waals surface area contributed by atoms with Gasteiger partial charge in [0.1, 0.15) is 5.60 Å². The molecule has 0 aromatic rings. The molecule has 0 bridgehead atoms. The molecule has 0 radical (unpaired) electrons. The Bertz CT molecular complexity index is 306. The lowest BCUT2D eigenvalue weighted by molar-refractivity contribution is -0.136. The highest BCUT2D eigenvalue weighted by atomic mass is 16.3. The number of hydrogen-bond donors (Lipinski definition) is 1. The third-order valence-corrected chi connectivity index (χ3v) is 3.40. The van der Waals surface area contributed by atoms with Crippen LogP contribution in [0.1, 0.15) is 44.9 Å². The first-order chi connectivity index (χ1) is 7.22. The van der Waals surface area contributed by atoms with Crippen LogP contribution < -0.4 is 0 Å². The summed E-state index contributed by atoms with van der Waals surface area (Å²) in [5.74, 6) is -0.0217. The van der Waals surface area contributed by atoms with E-state index in [1.54, 1.807) is 0 Å². The molecule has 1 saturated carbocycles. The minimum Gasteiger partial charge on any atom is -0.382 e. The lowest BCUT2D eigenvalue weighted by Gasteiger charge is -2.31. The molecule has 2 rings (SSSR count). The Labute approximate surface area is 90.7 Å². The van der Waals surface area contributed by atoms with Crippen molar-refractivity contribution < 1.29 is 9.90 Å². The van der Waals surface area contributed by atoms with E-state index in [1.807, 2.05) is 12.2 Å². The Kier molecular flexibility index (Phi) is 3.06. The quantitative estimate of drug-likeness (QED) is 0.705. The van der Waals surface area contributed by atoms with Crippen LogP contribution in [0.5, 0.6) is 0 Å². The lowest BCUT2D eigenvalue weighted by atomic mass is 9.78. The maximum absolute atomic E-state index is 12.1. The molecule has 15 heavy (non-hydrogen) atoms. The molecule has 0 aromatic carbocycles. The molecule has 2 nitrogen and oxygen atoms in total. The van der Waals surface area contributed by atoms with Gasteiger partial charge in [-0.3, -0.25) is 4.79 Å². The molecule has 0 unspecified atom stereocenters. The molecular weight excluding hydrogens is 188 g/mol. The van der Waals surface area contributed by atoms with Crippen molar-refractivity contribution in [1.29, 1.82) is 0 Å². The van der Waals surface area contributed by atoms with Crippen LogP contribution in [0.25, 0.3) is 0 Å². The van der Waals surface area contributed by atoms with Crippen molar-refractivity contribution in [2.24, 2.45) is 0 Å². The zero-order valence-corrected chi connectivity index (χ0v) is 9.04. The van der Waals surface area contributed by atoms with Crippen molar-refractivity contribution in [3.8, 4) is 0 Å². The molecule has 0 atom stereocenters. The van der Waals surface area contributed by atoms with E-state index in [0.717, 1.165) is 31.3 Å². The van der Waals surface area contributed by atoms with E-state index < -0.39 is 5.60 Å². The van der Waals surface area contributed by atoms with E-state index in [9.17, 15) is 9.90 Å². The SMILES string of the molecule is O=C(C1=CCC=CC1)C1(O)CCCCC1. The third-order valence-electron chi connectivity index (χ3n) is 3.40. The molecular formula is C13H18O2. The van der Waals surface area contributed by atoms with Gasteiger partial charge in [-0.1, -0.05) is 37.5 Å². The van der Waals surface area contributed by atoms with Crippen LogP contribution in [0.3, 0.4) is 0 Å². The van der Waals surface area contributed by atoms with Gasteiger partial charge in [-0.2, -0.15) is 0 Å². The average molecular weight is 206 g/mol. The number of rotatable bonds is 2. The Hall–Kier alpha value is -0.890. The molecule has 2 aliphatic carbocycles. The summed E-state index contributed by atoms with van der Waals surface area (Å²) in [4.78, 5) is 12.1. The number of ketones is 1. The van der Waals surface area contributed by atoms with Crippen molar-refractivity contribution in [3.05, 3.63) is 23.8 Å². The molecule has 0 amide bonds. The standard InChI is InChI=1S/C13H18O2/c14-12(11-7-3-1-4-8-11)13(15)9-5-2-6-10-13/h1,3,8,15H,2,4-7,9-10H2. The summed E-state index contributed by atoms with van der Waals surface area (Å²) in [6.07, 6.45) is 11.9. The highest BCUT2D eigenvalue weighted by Crippen LogP contribution is 2.32. The topological polar surface area (TPSA) is 37.3 Å². The van der Waals surface area contributed by atoms with Crippen LogP contribution in [0.15, 0.2) is 23.8 Å². The Morgan fingerprint density at radius 3 is 2.53 bits per heavy atom. The van der Waals surface area contributed by atoms with E-state index >= 15 is 0 Å². The first kappa shape index (κ1) is 10.6. The van der Waals surface area contributed by atoms with Crippen LogP contribution in [-0.2, 0) is 4.79 Å². The summed E-state index contributed by atoms with van der Waals surface area (Å²) in [5, 5.41) is 10.3. The average Bonchev–Trinajstić information content (AvgIpc) is 2.30. The van der Waals surface area contributed by atoms with Gasteiger partial charge < -0.3 is 5.11 Å². The van der Waals surface area contributed by atoms with E-state index in [0.29, 0.717) is 19.3 Å². The molecule has 2 aliphatic rings. The Morgan fingerprint density at radius 2 is 1.93 bits per heavy atom. The maximum atomic E-state index is 12.1. The summed E-state index contributed by atoms with van der Waals surface area (Å²) < 4.78 is 0. The summed E-state index contributed by atoms with van der Waals surface area (Å²) in [7, 11) is 0. The van der Waals surface area contributed by atoms with Gasteiger partial charge in [0.25, 0.3) is 0 Å². The molecule has 1 N–H and O–H groups in total. The van der Waals surface area contributed by atoms with Gasteiger partial charge in [0.15, 0.2) is 5.78 Å². The van der Waals surface area contributed by atoms with Crippen LogP contribution >= 0.6 is 0 Å². The van der Waals surface area contributed by atoms with Crippen LogP contribution in [-0.4, -0.2) is 16.5 Å². The molecule has 0 saturated heterocycles. The summed E-state index contributed by atoms with van der Waals surface area (Å²) in [6.45, 7) is 0. The van der Waals surface area contributed by atoms with Crippen molar-refractivity contribution in [3.63, 3.8) is 0 Å². The first-order valence-electron chi connectivity index (χ1n) is 5.84. The third kappa shape index (κ3) is 2.20. The molecule has 2 heteroatoms. The Balaban J connectivity index is 2.08. The zero-order chi connectivity index (χ0) is 10.7. The van der Waals surface area contributed by atoms with Gasteiger partial charge in [-0.15, -0.1) is 0 Å². The smallest absolute Gasteiger partial charge is 0.190 e. The van der Waals surface area contributed by atoms with Gasteiger partial charge in [0.05, 0.1) is 0 Å². The van der Waals surface area contributed by atoms with Gasteiger partial charge >= 0.3 is 0 Å². The van der Waals surface area contributed by atoms with E-state index in [1.165, 1.54) is 0 Å². The van der Waals surface area contributed by atoms with E-state index in [-0.39, 0.29) is 5.78 Å². The van der Waals surface area contributed by atoms with Gasteiger partial charge in [-0.05, 0) is 31.3 Å². The fraction of sp³-hybridized carbons (Fsp3) is 0.615. The number of Topliss-reactive ketones (excluding diaryl/α,β-unsaturated/α-hetero) is 1. The normalized spacial score (nSPS) is 24.7. The van der Waals surface area contributed by atoms with Gasteiger partial charge in [-0.25, -0.2) is 0 Å². The minimum absolute atomic E-state index is 0.0217. The molecule has 0 aliphatic heterocycles. The summed E-state index contributed by atoms with van der Waals surface area (Å²) in [6, 6.07) is 0. The van der Waals surface area contributed by atoms with Crippen LogP contribution in [0.4, 0.5) is 0 Å². The fourth-order valence-electron chi connectivity index (χ4n) is 2.45. The lowest BCUT2D eigenvalue weighted by Crippen LogP contribution is -2.41. The summed E-state index contributed by atoms with van der Waals surface area (Å²) in [5.41, 5.74) is -0.239. The van der Waals surface area contributed by atoms with Crippen molar-refractivity contribution >= 4 is 5.78 Å². The van der Waals surface area contributed by atoms with Gasteiger partial charge in [0, 0.05) is 0 Å². The predicted molar refractivity (Wildman–Crippen MR) is 59.5 cm³/mol. The van der Waals surface area contributed by atoms with Gasteiger partial charge in [0.2, 0.25) is 0 Å². The number of hydrogen-bond acceptors (Lipinski definition) is 2.